The number of nitrogens with zero attached hydrogens (tertiary/aromatic N) is 4. The molecular formula is C36H42N4O3. The van der Waals surface area contributed by atoms with Crippen LogP contribution in [-0.4, -0.2) is 52.0 Å². The minimum atomic E-state index is -0.250. The quantitative estimate of drug-likeness (QED) is 0.145. The highest BCUT2D eigenvalue weighted by Gasteiger charge is 2.30. The van der Waals surface area contributed by atoms with Crippen LogP contribution in [0.15, 0.2) is 54.6 Å². The lowest BCUT2D eigenvalue weighted by Crippen LogP contribution is -2.23. The summed E-state index contributed by atoms with van der Waals surface area (Å²) in [6.45, 7) is 9.59. The Kier molecular flexibility index (Phi) is 8.26. The zero-order chi connectivity index (χ0) is 30.1. The predicted octanol–water partition coefficient (Wildman–Crippen LogP) is 7.09. The molecule has 43 heavy (non-hydrogen) atoms. The number of aryl methyl sites for hydroxylation is 4. The summed E-state index contributed by atoms with van der Waals surface area (Å²) in [7, 11) is 4.20. The van der Waals surface area contributed by atoms with Gasteiger partial charge in [-0.2, -0.15) is 5.10 Å². The molecule has 0 saturated heterocycles. The van der Waals surface area contributed by atoms with E-state index in [2.05, 4.69) is 60.7 Å². The van der Waals surface area contributed by atoms with Gasteiger partial charge in [-0.3, -0.25) is 4.68 Å². The number of rotatable bonds is 8. The predicted molar refractivity (Wildman–Crippen MR) is 173 cm³/mol. The van der Waals surface area contributed by atoms with Crippen LogP contribution in [0.2, 0.25) is 0 Å². The molecule has 3 heterocycles. The lowest BCUT2D eigenvalue weighted by Gasteiger charge is -2.21. The second-order valence-electron chi connectivity index (χ2n) is 11.6. The van der Waals surface area contributed by atoms with E-state index < -0.39 is 0 Å². The molecule has 0 unspecified atom stereocenters. The minimum Gasteiger partial charge on any atom is -0.493 e. The lowest BCUT2D eigenvalue weighted by atomic mass is 9.93. The number of benzene rings is 3. The van der Waals surface area contributed by atoms with Crippen LogP contribution in [-0.2, 0) is 37.7 Å². The zero-order valence-corrected chi connectivity index (χ0v) is 26.1. The Morgan fingerprint density at radius 1 is 0.953 bits per heavy atom. The first-order chi connectivity index (χ1) is 20.9. The van der Waals surface area contributed by atoms with Crippen molar-refractivity contribution >= 4 is 27.6 Å². The molecule has 0 aliphatic carbocycles. The van der Waals surface area contributed by atoms with Crippen molar-refractivity contribution in [2.24, 2.45) is 7.05 Å². The van der Waals surface area contributed by atoms with Crippen LogP contribution in [0.3, 0.4) is 0 Å². The van der Waals surface area contributed by atoms with E-state index in [1.807, 2.05) is 42.9 Å². The van der Waals surface area contributed by atoms with Crippen LogP contribution in [0.4, 0.5) is 0 Å². The number of fused-ring (bicyclic) bond motifs is 3. The van der Waals surface area contributed by atoms with Crippen molar-refractivity contribution in [2.75, 3.05) is 26.8 Å². The molecule has 0 fully saturated rings. The molecule has 1 aliphatic rings. The summed E-state index contributed by atoms with van der Waals surface area (Å²) < 4.78 is 16.3. The summed E-state index contributed by atoms with van der Waals surface area (Å²) in [4.78, 5) is 16.1. The Bertz CT molecular complexity index is 1790. The molecule has 0 radical (unpaired) electrons. The molecule has 6 rings (SSSR count). The standard InChI is InChI=1S/C36H42N4O3/c1-6-30-33-29(37-39(30)5)23-38(4)20-12-21-40-34-28(19-18-24(3)32(33)34)27(35(40)36(41)42-7-2)16-11-22-43-31-17-10-14-25-13-8-9-15-26(25)31/h8-10,13-15,17-19H,6-7,11-12,16,20-23H2,1-5H3. The minimum absolute atomic E-state index is 0.250. The fourth-order valence-electron chi connectivity index (χ4n) is 6.85. The van der Waals surface area contributed by atoms with Gasteiger partial charge in [0, 0.05) is 47.7 Å². The largest absolute Gasteiger partial charge is 0.493 e. The Labute approximate surface area is 254 Å². The molecule has 2 aromatic heterocycles. The van der Waals surface area contributed by atoms with Gasteiger partial charge in [-0.25, -0.2) is 4.79 Å². The first kappa shape index (κ1) is 29.0. The van der Waals surface area contributed by atoms with Crippen LogP contribution >= 0.6 is 0 Å². The van der Waals surface area contributed by atoms with Crippen molar-refractivity contribution < 1.29 is 14.3 Å². The maximum absolute atomic E-state index is 13.7. The second-order valence-corrected chi connectivity index (χ2v) is 11.6. The number of ether oxygens (including phenoxy) is 2. The average molecular weight is 579 g/mol. The number of esters is 1. The SMILES string of the molecule is CCOC(=O)c1c(CCCOc2cccc3ccccc23)c2ccc(C)c3c2n1CCCN(C)Cc1nn(C)c(CC)c1-3. The van der Waals surface area contributed by atoms with E-state index in [4.69, 9.17) is 14.6 Å². The van der Waals surface area contributed by atoms with Crippen molar-refractivity contribution in [3.05, 3.63) is 82.8 Å². The Balaban J connectivity index is 1.46. The molecule has 0 bridgehead atoms. The number of carbonyl (C=O) groups excluding carboxylic acids is 1. The summed E-state index contributed by atoms with van der Waals surface area (Å²) in [6, 6.07) is 18.9. The van der Waals surface area contributed by atoms with Crippen LogP contribution in [0.25, 0.3) is 32.8 Å². The topological polar surface area (TPSA) is 61.5 Å². The Hall–Kier alpha value is -4.10. The van der Waals surface area contributed by atoms with Crippen molar-refractivity contribution in [3.63, 3.8) is 0 Å². The zero-order valence-electron chi connectivity index (χ0n) is 26.1. The van der Waals surface area contributed by atoms with Gasteiger partial charge in [-0.05, 0) is 75.7 Å². The third kappa shape index (κ3) is 5.31. The molecule has 0 saturated carbocycles. The third-order valence-electron chi connectivity index (χ3n) is 8.75. The van der Waals surface area contributed by atoms with Crippen molar-refractivity contribution in [1.82, 2.24) is 19.2 Å². The van der Waals surface area contributed by atoms with Gasteiger partial charge < -0.3 is 18.9 Å². The second kappa shape index (κ2) is 12.3. The molecule has 3 aromatic carbocycles. The van der Waals surface area contributed by atoms with Crippen LogP contribution in [0, 0.1) is 6.92 Å². The Morgan fingerprint density at radius 2 is 1.77 bits per heavy atom. The molecule has 7 heteroatoms. The van der Waals surface area contributed by atoms with E-state index in [1.54, 1.807) is 0 Å². The van der Waals surface area contributed by atoms with Gasteiger partial charge in [0.25, 0.3) is 0 Å². The van der Waals surface area contributed by atoms with E-state index in [9.17, 15) is 4.79 Å². The number of carbonyl (C=O) groups is 1. The van der Waals surface area contributed by atoms with Gasteiger partial charge in [0.2, 0.25) is 0 Å². The summed E-state index contributed by atoms with van der Waals surface area (Å²) in [5.74, 6) is 0.641. The van der Waals surface area contributed by atoms with Crippen LogP contribution in [0.5, 0.6) is 5.75 Å². The summed E-state index contributed by atoms with van der Waals surface area (Å²) in [5.41, 5.74) is 8.76. The molecule has 0 N–H and O–H groups in total. The maximum atomic E-state index is 13.7. The number of hydrogen-bond donors (Lipinski definition) is 0. The van der Waals surface area contributed by atoms with E-state index in [1.165, 1.54) is 27.8 Å². The van der Waals surface area contributed by atoms with E-state index in [0.717, 1.165) is 72.2 Å². The van der Waals surface area contributed by atoms with Crippen molar-refractivity contribution in [3.8, 4) is 16.9 Å². The van der Waals surface area contributed by atoms with Crippen molar-refractivity contribution in [2.45, 2.75) is 59.5 Å². The molecule has 0 spiro atoms. The van der Waals surface area contributed by atoms with Gasteiger partial charge >= 0.3 is 5.97 Å². The first-order valence-electron chi connectivity index (χ1n) is 15.6. The first-order valence-corrected chi connectivity index (χ1v) is 15.6. The molecule has 0 amide bonds. The smallest absolute Gasteiger partial charge is 0.355 e. The van der Waals surface area contributed by atoms with Crippen molar-refractivity contribution in [1.29, 1.82) is 0 Å². The van der Waals surface area contributed by atoms with Crippen LogP contribution < -0.4 is 4.74 Å². The average Bonchev–Trinajstić information content (AvgIpc) is 3.48. The molecule has 1 aliphatic heterocycles. The Morgan fingerprint density at radius 3 is 2.58 bits per heavy atom. The molecule has 224 valence electrons. The van der Waals surface area contributed by atoms with E-state index in [-0.39, 0.29) is 5.97 Å². The molecular weight excluding hydrogens is 536 g/mol. The highest BCUT2D eigenvalue weighted by atomic mass is 16.5. The van der Waals surface area contributed by atoms with Gasteiger partial charge in [-0.15, -0.1) is 0 Å². The fourth-order valence-corrected chi connectivity index (χ4v) is 6.85. The molecule has 0 atom stereocenters. The van der Waals surface area contributed by atoms with Crippen LogP contribution in [0.1, 0.15) is 59.7 Å². The maximum Gasteiger partial charge on any atom is 0.355 e. The fraction of sp³-hybridized carbons (Fsp3) is 0.389. The summed E-state index contributed by atoms with van der Waals surface area (Å²) >= 11 is 0. The summed E-state index contributed by atoms with van der Waals surface area (Å²) in [6.07, 6.45) is 3.29. The van der Waals surface area contributed by atoms with Gasteiger partial charge in [-0.1, -0.05) is 55.5 Å². The molecule has 7 nitrogen and oxygen atoms in total. The number of aromatic nitrogens is 3. The molecule has 5 aromatic rings. The van der Waals surface area contributed by atoms with E-state index in [0.29, 0.717) is 25.3 Å². The normalized spacial score (nSPS) is 13.8. The number of hydrogen-bond acceptors (Lipinski definition) is 5. The third-order valence-corrected chi connectivity index (χ3v) is 8.75. The lowest BCUT2D eigenvalue weighted by molar-refractivity contribution is 0.0512. The highest BCUT2D eigenvalue weighted by Crippen LogP contribution is 2.41. The van der Waals surface area contributed by atoms with Gasteiger partial charge in [0.1, 0.15) is 11.4 Å². The summed E-state index contributed by atoms with van der Waals surface area (Å²) in [5, 5.41) is 8.42. The monoisotopic (exact) mass is 578 g/mol. The highest BCUT2D eigenvalue weighted by molar-refractivity contribution is 6.05. The van der Waals surface area contributed by atoms with Gasteiger partial charge in [0.15, 0.2) is 0 Å². The van der Waals surface area contributed by atoms with Gasteiger partial charge in [0.05, 0.1) is 24.4 Å². The van der Waals surface area contributed by atoms with E-state index >= 15 is 0 Å².